The van der Waals surface area contributed by atoms with Crippen LogP contribution in [0.5, 0.6) is 0 Å². The molecule has 0 amide bonds. The van der Waals surface area contributed by atoms with Gasteiger partial charge in [0.15, 0.2) is 5.43 Å². The molecule has 0 unspecified atom stereocenters. The van der Waals surface area contributed by atoms with E-state index >= 15 is 0 Å². The van der Waals surface area contributed by atoms with Crippen molar-refractivity contribution in [1.82, 2.24) is 0 Å². The summed E-state index contributed by atoms with van der Waals surface area (Å²) in [6.07, 6.45) is -3.24. The Labute approximate surface area is 137 Å². The standard InChI is InChI=1S/C17H17ClO5/c18-13-15(21)16(22)14(20)12-11(19)8-10(23-17(12)13)7-6-9-4-2-1-3-5-9/h1-5,8,13-16,20-22H,6-7H2/t13-,14+,15-,16+/m1/s1. The third kappa shape index (κ3) is 3.05. The van der Waals surface area contributed by atoms with E-state index in [4.69, 9.17) is 16.0 Å². The Balaban J connectivity index is 1.91. The van der Waals surface area contributed by atoms with Gasteiger partial charge in [0.2, 0.25) is 0 Å². The third-order valence-corrected chi connectivity index (χ3v) is 4.54. The van der Waals surface area contributed by atoms with E-state index in [0.29, 0.717) is 18.6 Å². The number of hydrogen-bond donors (Lipinski definition) is 3. The molecule has 3 rings (SSSR count). The first-order valence-corrected chi connectivity index (χ1v) is 7.81. The molecule has 1 heterocycles. The molecule has 4 atom stereocenters. The highest BCUT2D eigenvalue weighted by Gasteiger charge is 2.43. The van der Waals surface area contributed by atoms with E-state index < -0.39 is 29.1 Å². The Morgan fingerprint density at radius 2 is 1.74 bits per heavy atom. The second-order valence-corrected chi connectivity index (χ2v) is 6.14. The quantitative estimate of drug-likeness (QED) is 0.738. The van der Waals surface area contributed by atoms with Gasteiger partial charge < -0.3 is 19.7 Å². The molecule has 0 saturated heterocycles. The average molecular weight is 337 g/mol. The molecule has 6 heteroatoms. The maximum absolute atomic E-state index is 12.2. The molecule has 0 spiro atoms. The molecule has 0 bridgehead atoms. The zero-order valence-electron chi connectivity index (χ0n) is 12.2. The predicted octanol–water partition coefficient (Wildman–Crippen LogP) is 1.47. The Morgan fingerprint density at radius 1 is 1.04 bits per heavy atom. The summed E-state index contributed by atoms with van der Waals surface area (Å²) in [6, 6.07) is 11.0. The van der Waals surface area contributed by atoms with Crippen molar-refractivity contribution in [3.63, 3.8) is 0 Å². The number of aliphatic hydroxyl groups excluding tert-OH is 3. The molecule has 23 heavy (non-hydrogen) atoms. The summed E-state index contributed by atoms with van der Waals surface area (Å²) in [5.74, 6) is 0.464. The molecule has 122 valence electrons. The fourth-order valence-corrected chi connectivity index (χ4v) is 3.10. The lowest BCUT2D eigenvalue weighted by molar-refractivity contribution is -0.0756. The number of fused-ring (bicyclic) bond motifs is 1. The number of rotatable bonds is 3. The Morgan fingerprint density at radius 3 is 2.43 bits per heavy atom. The third-order valence-electron chi connectivity index (χ3n) is 4.09. The molecule has 1 aromatic heterocycles. The average Bonchev–Trinajstić information content (AvgIpc) is 2.56. The number of aliphatic hydroxyl groups is 3. The van der Waals surface area contributed by atoms with E-state index in [0.717, 1.165) is 5.56 Å². The number of halogens is 1. The van der Waals surface area contributed by atoms with Crippen LogP contribution >= 0.6 is 11.6 Å². The lowest BCUT2D eigenvalue weighted by atomic mass is 9.88. The highest BCUT2D eigenvalue weighted by molar-refractivity contribution is 6.21. The van der Waals surface area contributed by atoms with E-state index in [9.17, 15) is 20.1 Å². The maximum Gasteiger partial charge on any atom is 0.191 e. The van der Waals surface area contributed by atoms with Gasteiger partial charge in [0.25, 0.3) is 0 Å². The zero-order chi connectivity index (χ0) is 16.6. The topological polar surface area (TPSA) is 90.9 Å². The van der Waals surface area contributed by atoms with Crippen LogP contribution in [0.2, 0.25) is 0 Å². The molecular formula is C17H17ClO5. The normalized spacial score (nSPS) is 26.8. The predicted molar refractivity (Wildman–Crippen MR) is 84.4 cm³/mol. The Kier molecular flexibility index (Phi) is 4.55. The van der Waals surface area contributed by atoms with Gasteiger partial charge in [0.05, 0.1) is 5.56 Å². The van der Waals surface area contributed by atoms with E-state index in [1.807, 2.05) is 30.3 Å². The minimum absolute atomic E-state index is 0.0347. The first kappa shape index (κ1) is 16.2. The minimum Gasteiger partial charge on any atom is -0.464 e. The van der Waals surface area contributed by atoms with Crippen molar-refractivity contribution < 1.29 is 19.7 Å². The smallest absolute Gasteiger partial charge is 0.191 e. The van der Waals surface area contributed by atoms with Crippen molar-refractivity contribution >= 4 is 11.6 Å². The SMILES string of the molecule is O=c1cc(CCc2ccccc2)oc2c1[C@H](O)[C@H](O)[C@H](O)[C@H]2Cl. The fraction of sp³-hybridized carbons (Fsp3) is 0.353. The van der Waals surface area contributed by atoms with Crippen molar-refractivity contribution in [2.24, 2.45) is 0 Å². The summed E-state index contributed by atoms with van der Waals surface area (Å²) < 4.78 is 5.64. The summed E-state index contributed by atoms with van der Waals surface area (Å²) in [6.45, 7) is 0. The van der Waals surface area contributed by atoms with Crippen LogP contribution in [0.25, 0.3) is 0 Å². The Bertz CT molecular complexity index is 742. The van der Waals surface area contributed by atoms with Crippen LogP contribution in [0.4, 0.5) is 0 Å². The monoisotopic (exact) mass is 336 g/mol. The van der Waals surface area contributed by atoms with Crippen LogP contribution in [0.15, 0.2) is 45.6 Å². The molecule has 0 radical (unpaired) electrons. The van der Waals surface area contributed by atoms with E-state index in [1.165, 1.54) is 6.07 Å². The van der Waals surface area contributed by atoms with Gasteiger partial charge in [-0.3, -0.25) is 4.79 Å². The second kappa shape index (κ2) is 6.45. The van der Waals surface area contributed by atoms with Crippen LogP contribution in [-0.4, -0.2) is 27.5 Å². The molecule has 5 nitrogen and oxygen atoms in total. The van der Waals surface area contributed by atoms with Crippen LogP contribution in [0.3, 0.4) is 0 Å². The van der Waals surface area contributed by atoms with Gasteiger partial charge in [-0.2, -0.15) is 0 Å². The van der Waals surface area contributed by atoms with Gasteiger partial charge in [-0.05, 0) is 12.0 Å². The number of hydrogen-bond acceptors (Lipinski definition) is 5. The van der Waals surface area contributed by atoms with Gasteiger partial charge in [0, 0.05) is 12.5 Å². The van der Waals surface area contributed by atoms with Crippen molar-refractivity contribution in [1.29, 1.82) is 0 Å². The van der Waals surface area contributed by atoms with Crippen molar-refractivity contribution in [3.8, 4) is 0 Å². The summed E-state index contributed by atoms with van der Waals surface area (Å²) in [5, 5.41) is 28.5. The van der Waals surface area contributed by atoms with E-state index in [2.05, 4.69) is 0 Å². The summed E-state index contributed by atoms with van der Waals surface area (Å²) in [5.41, 5.74) is 0.579. The van der Waals surface area contributed by atoms with Gasteiger partial charge in [-0.25, -0.2) is 0 Å². The summed E-state index contributed by atoms with van der Waals surface area (Å²) >= 11 is 6.07. The summed E-state index contributed by atoms with van der Waals surface area (Å²) in [7, 11) is 0. The highest BCUT2D eigenvalue weighted by atomic mass is 35.5. The first-order chi connectivity index (χ1) is 11.0. The molecule has 3 N–H and O–H groups in total. The lowest BCUT2D eigenvalue weighted by Crippen LogP contribution is -2.42. The van der Waals surface area contributed by atoms with Gasteiger partial charge in [-0.1, -0.05) is 30.3 Å². The molecule has 0 fully saturated rings. The van der Waals surface area contributed by atoms with E-state index in [1.54, 1.807) is 0 Å². The van der Waals surface area contributed by atoms with Crippen molar-refractivity contribution in [2.75, 3.05) is 0 Å². The largest absolute Gasteiger partial charge is 0.464 e. The van der Waals surface area contributed by atoms with Crippen molar-refractivity contribution in [2.45, 2.75) is 36.5 Å². The number of aryl methyl sites for hydroxylation is 2. The van der Waals surface area contributed by atoms with E-state index in [-0.39, 0.29) is 11.3 Å². The second-order valence-electron chi connectivity index (χ2n) is 5.67. The van der Waals surface area contributed by atoms with Crippen LogP contribution in [0.1, 0.15) is 34.1 Å². The molecule has 0 aliphatic heterocycles. The molecule has 1 aromatic carbocycles. The highest BCUT2D eigenvalue weighted by Crippen LogP contribution is 2.39. The zero-order valence-corrected chi connectivity index (χ0v) is 13.0. The van der Waals surface area contributed by atoms with Crippen LogP contribution < -0.4 is 5.43 Å². The van der Waals surface area contributed by atoms with Crippen molar-refractivity contribution in [3.05, 3.63) is 69.3 Å². The fourth-order valence-electron chi connectivity index (χ4n) is 2.79. The lowest BCUT2D eigenvalue weighted by Gasteiger charge is -2.32. The molecule has 1 aliphatic rings. The van der Waals surface area contributed by atoms with Gasteiger partial charge in [0.1, 0.15) is 35.2 Å². The molecular weight excluding hydrogens is 320 g/mol. The van der Waals surface area contributed by atoms with Crippen LogP contribution in [-0.2, 0) is 12.8 Å². The Hall–Kier alpha value is -1.66. The van der Waals surface area contributed by atoms with Crippen LogP contribution in [0, 0.1) is 0 Å². The molecule has 0 saturated carbocycles. The molecule has 1 aliphatic carbocycles. The summed E-state index contributed by atoms with van der Waals surface area (Å²) in [4.78, 5) is 12.2. The minimum atomic E-state index is -1.51. The van der Waals surface area contributed by atoms with Gasteiger partial charge >= 0.3 is 0 Å². The number of alkyl halides is 1. The van der Waals surface area contributed by atoms with Gasteiger partial charge in [-0.15, -0.1) is 11.6 Å². The maximum atomic E-state index is 12.2. The molecule has 2 aromatic rings. The number of benzene rings is 1. The first-order valence-electron chi connectivity index (χ1n) is 7.38.